The number of carboxylic acids is 2. The summed E-state index contributed by atoms with van der Waals surface area (Å²) in [6, 6.07) is 0. The number of hydrogen-bond acceptors (Lipinski definition) is 5. The van der Waals surface area contributed by atoms with Crippen LogP contribution in [0.4, 0.5) is 0 Å². The first-order chi connectivity index (χ1) is 7.63. The Kier molecular flexibility index (Phi) is 18.4. The number of ether oxygens (including phenoxy) is 1. The van der Waals surface area contributed by atoms with Crippen molar-refractivity contribution in [1.82, 2.24) is 0 Å². The highest BCUT2D eigenvalue weighted by atomic mass is 16.5. The lowest BCUT2D eigenvalue weighted by atomic mass is 10.4. The van der Waals surface area contributed by atoms with Crippen LogP contribution in [-0.2, 0) is 14.3 Å². The van der Waals surface area contributed by atoms with Gasteiger partial charge in [0.05, 0.1) is 25.4 Å². The second-order valence-electron chi connectivity index (χ2n) is 3.21. The molecule has 0 aliphatic rings. The molecule has 0 heterocycles. The molecular formula is C10H22O7. The van der Waals surface area contributed by atoms with E-state index in [9.17, 15) is 0 Å². The Morgan fingerprint density at radius 1 is 1.12 bits per heavy atom. The number of carboxylic acid groups (broad SMARTS) is 2. The Morgan fingerprint density at radius 2 is 1.41 bits per heavy atom. The van der Waals surface area contributed by atoms with E-state index < -0.39 is 18.0 Å². The molecule has 4 N–H and O–H groups in total. The first-order valence-corrected chi connectivity index (χ1v) is 4.93. The van der Waals surface area contributed by atoms with Crippen LogP contribution in [0.3, 0.4) is 0 Å². The van der Waals surface area contributed by atoms with Gasteiger partial charge in [0.2, 0.25) is 0 Å². The molecule has 0 spiro atoms. The number of aliphatic hydroxyl groups is 2. The monoisotopic (exact) mass is 254 g/mol. The van der Waals surface area contributed by atoms with Gasteiger partial charge in [-0.05, 0) is 13.8 Å². The molecule has 0 aliphatic heterocycles. The molecule has 0 aromatic heterocycles. The van der Waals surface area contributed by atoms with Crippen molar-refractivity contribution in [3.63, 3.8) is 0 Å². The Bertz CT molecular complexity index is 171. The largest absolute Gasteiger partial charge is 0.481 e. The Hall–Kier alpha value is -1.18. The molecule has 17 heavy (non-hydrogen) atoms. The lowest BCUT2D eigenvalue weighted by molar-refractivity contribution is -0.135. The minimum absolute atomic E-state index is 0.00667. The molecule has 0 amide bonds. The zero-order valence-electron chi connectivity index (χ0n) is 10.6. The van der Waals surface area contributed by atoms with Gasteiger partial charge in [-0.25, -0.2) is 0 Å². The topological polar surface area (TPSA) is 124 Å². The van der Waals surface area contributed by atoms with Gasteiger partial charge in [-0.3, -0.25) is 9.59 Å². The number of carbonyl (C=O) groups is 2. The standard InChI is InChI=1S/C6H14O3.2C2H4O2/c1-5(8)4-9-6(2)3-7;2*1-2(3)4/h5-8H,3-4H2,1-2H3;2*1H3,(H,3,4). The molecule has 0 bridgehead atoms. The van der Waals surface area contributed by atoms with E-state index in [1.807, 2.05) is 0 Å². The summed E-state index contributed by atoms with van der Waals surface area (Å²) in [7, 11) is 0. The zero-order chi connectivity index (χ0) is 14.4. The summed E-state index contributed by atoms with van der Waals surface area (Å²) in [6.45, 7) is 5.86. The van der Waals surface area contributed by atoms with E-state index in [1.165, 1.54) is 0 Å². The second-order valence-corrected chi connectivity index (χ2v) is 3.21. The number of aliphatic carboxylic acids is 2. The van der Waals surface area contributed by atoms with E-state index in [4.69, 9.17) is 34.8 Å². The molecule has 0 saturated carbocycles. The SMILES string of the molecule is CC(=O)O.CC(=O)O.CC(O)COC(C)CO. The maximum Gasteiger partial charge on any atom is 0.300 e. The van der Waals surface area contributed by atoms with Crippen LogP contribution in [0.25, 0.3) is 0 Å². The van der Waals surface area contributed by atoms with Crippen LogP contribution < -0.4 is 0 Å². The van der Waals surface area contributed by atoms with E-state index in [1.54, 1.807) is 13.8 Å². The third kappa shape index (κ3) is 71.9. The van der Waals surface area contributed by atoms with Gasteiger partial charge in [0.1, 0.15) is 0 Å². The molecule has 0 aromatic rings. The van der Waals surface area contributed by atoms with Gasteiger partial charge in [-0.15, -0.1) is 0 Å². The van der Waals surface area contributed by atoms with Crippen molar-refractivity contribution in [2.75, 3.05) is 13.2 Å². The van der Waals surface area contributed by atoms with Gasteiger partial charge in [-0.1, -0.05) is 0 Å². The molecule has 0 saturated heterocycles. The van der Waals surface area contributed by atoms with Gasteiger partial charge in [0, 0.05) is 13.8 Å². The van der Waals surface area contributed by atoms with E-state index in [0.717, 1.165) is 13.8 Å². The lowest BCUT2D eigenvalue weighted by Crippen LogP contribution is -2.19. The minimum Gasteiger partial charge on any atom is -0.481 e. The summed E-state index contributed by atoms with van der Waals surface area (Å²) in [5, 5.41) is 32.0. The van der Waals surface area contributed by atoms with Crippen molar-refractivity contribution < 1.29 is 34.8 Å². The van der Waals surface area contributed by atoms with Crippen LogP contribution >= 0.6 is 0 Å². The Labute approximate surface area is 101 Å². The molecule has 7 nitrogen and oxygen atoms in total. The molecule has 2 atom stereocenters. The number of aliphatic hydroxyl groups excluding tert-OH is 2. The Morgan fingerprint density at radius 3 is 1.59 bits per heavy atom. The van der Waals surface area contributed by atoms with Crippen LogP contribution in [0, 0.1) is 0 Å². The fourth-order valence-corrected chi connectivity index (χ4v) is 0.356. The fraction of sp³-hybridized carbons (Fsp3) is 0.800. The second kappa shape index (κ2) is 14.8. The predicted octanol–water partition coefficient (Wildman–Crippen LogP) is -0.0536. The third-order valence-corrected chi connectivity index (χ3v) is 0.879. The average molecular weight is 254 g/mol. The van der Waals surface area contributed by atoms with Crippen molar-refractivity contribution in [2.24, 2.45) is 0 Å². The molecule has 0 aromatic carbocycles. The molecule has 2 unspecified atom stereocenters. The van der Waals surface area contributed by atoms with Gasteiger partial charge in [0.25, 0.3) is 11.9 Å². The van der Waals surface area contributed by atoms with Crippen molar-refractivity contribution >= 4 is 11.9 Å². The molecule has 0 fully saturated rings. The maximum atomic E-state index is 9.00. The van der Waals surface area contributed by atoms with Crippen LogP contribution in [0.15, 0.2) is 0 Å². The summed E-state index contributed by atoms with van der Waals surface area (Å²) < 4.78 is 4.95. The molecule has 0 aliphatic carbocycles. The van der Waals surface area contributed by atoms with Crippen molar-refractivity contribution in [2.45, 2.75) is 39.9 Å². The Balaban J connectivity index is -0.000000205. The fourth-order valence-electron chi connectivity index (χ4n) is 0.356. The zero-order valence-corrected chi connectivity index (χ0v) is 10.6. The first kappa shape index (κ1) is 21.1. The van der Waals surface area contributed by atoms with Crippen LogP contribution in [0.5, 0.6) is 0 Å². The third-order valence-electron chi connectivity index (χ3n) is 0.879. The molecule has 7 heteroatoms. The van der Waals surface area contributed by atoms with Gasteiger partial charge < -0.3 is 25.2 Å². The average Bonchev–Trinajstić information content (AvgIpc) is 2.12. The predicted molar refractivity (Wildman–Crippen MR) is 60.8 cm³/mol. The van der Waals surface area contributed by atoms with Gasteiger partial charge in [0.15, 0.2) is 0 Å². The highest BCUT2D eigenvalue weighted by Gasteiger charge is 2.00. The highest BCUT2D eigenvalue weighted by molar-refractivity contribution is 5.63. The molecule has 0 radical (unpaired) electrons. The van der Waals surface area contributed by atoms with Crippen molar-refractivity contribution in [1.29, 1.82) is 0 Å². The van der Waals surface area contributed by atoms with Gasteiger partial charge in [-0.2, -0.15) is 0 Å². The summed E-state index contributed by atoms with van der Waals surface area (Å²) >= 11 is 0. The lowest BCUT2D eigenvalue weighted by Gasteiger charge is -2.10. The molecular weight excluding hydrogens is 232 g/mol. The summed E-state index contributed by atoms with van der Waals surface area (Å²) in [5.41, 5.74) is 0. The number of rotatable bonds is 4. The van der Waals surface area contributed by atoms with E-state index in [-0.39, 0.29) is 12.7 Å². The van der Waals surface area contributed by atoms with Crippen molar-refractivity contribution in [3.8, 4) is 0 Å². The maximum absolute atomic E-state index is 9.00. The summed E-state index contributed by atoms with van der Waals surface area (Å²) in [4.78, 5) is 18.0. The van der Waals surface area contributed by atoms with Crippen molar-refractivity contribution in [3.05, 3.63) is 0 Å². The van der Waals surface area contributed by atoms with E-state index >= 15 is 0 Å². The van der Waals surface area contributed by atoms with Crippen LogP contribution in [0.2, 0.25) is 0 Å². The van der Waals surface area contributed by atoms with E-state index in [0.29, 0.717) is 6.61 Å². The van der Waals surface area contributed by atoms with Gasteiger partial charge >= 0.3 is 0 Å². The summed E-state index contributed by atoms with van der Waals surface area (Å²) in [5.74, 6) is -1.67. The van der Waals surface area contributed by atoms with Crippen LogP contribution in [0.1, 0.15) is 27.7 Å². The smallest absolute Gasteiger partial charge is 0.300 e. The normalized spacial score (nSPS) is 12.1. The first-order valence-electron chi connectivity index (χ1n) is 4.93. The molecule has 104 valence electrons. The summed E-state index contributed by atoms with van der Waals surface area (Å²) in [6.07, 6.45) is -0.612. The van der Waals surface area contributed by atoms with E-state index in [2.05, 4.69) is 0 Å². The molecule has 0 rings (SSSR count). The number of hydrogen-bond donors (Lipinski definition) is 4. The van der Waals surface area contributed by atoms with Crippen LogP contribution in [-0.4, -0.2) is 57.8 Å². The minimum atomic E-state index is -0.833. The quantitative estimate of drug-likeness (QED) is 0.554. The highest BCUT2D eigenvalue weighted by Crippen LogP contribution is 1.90.